The van der Waals surface area contributed by atoms with E-state index in [1.807, 2.05) is 6.92 Å². The minimum absolute atomic E-state index is 0.338. The van der Waals surface area contributed by atoms with Gasteiger partial charge in [0.15, 0.2) is 6.61 Å². The van der Waals surface area contributed by atoms with Crippen molar-refractivity contribution in [2.75, 3.05) is 32.2 Å². The maximum absolute atomic E-state index is 12.0. The molecular formula is C21H22N2O7. The third-order valence-electron chi connectivity index (χ3n) is 3.77. The van der Waals surface area contributed by atoms with Gasteiger partial charge >= 0.3 is 11.9 Å². The Kier molecular flexibility index (Phi) is 8.37. The number of rotatable bonds is 9. The number of ether oxygens (including phenoxy) is 3. The largest absolute Gasteiger partial charge is 0.494 e. The number of hydrogen-bond donors (Lipinski definition) is 2. The van der Waals surface area contributed by atoms with Crippen molar-refractivity contribution in [1.29, 1.82) is 0 Å². The molecule has 0 heterocycles. The number of esters is 2. The smallest absolute Gasteiger partial charge is 0.337 e. The minimum Gasteiger partial charge on any atom is -0.494 e. The molecule has 0 unspecified atom stereocenters. The predicted molar refractivity (Wildman–Crippen MR) is 107 cm³/mol. The van der Waals surface area contributed by atoms with E-state index in [0.29, 0.717) is 29.2 Å². The van der Waals surface area contributed by atoms with Gasteiger partial charge in [0.2, 0.25) is 0 Å². The SMILES string of the molecule is CCOc1ccc(C(=O)NCC(=O)OCC(=O)Nc2ccc(C(=O)OC)cc2)cc1. The van der Waals surface area contributed by atoms with Gasteiger partial charge in [-0.05, 0) is 55.5 Å². The second kappa shape index (κ2) is 11.2. The van der Waals surface area contributed by atoms with E-state index in [1.54, 1.807) is 24.3 Å². The van der Waals surface area contributed by atoms with Crippen LogP contribution in [-0.4, -0.2) is 50.6 Å². The Labute approximate surface area is 173 Å². The first kappa shape index (κ1) is 22.4. The molecule has 0 fully saturated rings. The standard InChI is InChI=1S/C21H22N2O7/c1-3-29-17-10-6-14(7-11-17)20(26)22-12-19(25)30-13-18(24)23-16-8-4-15(5-9-16)21(27)28-2/h4-11H,3,12-13H2,1-2H3,(H,22,26)(H,23,24). The molecule has 2 amide bonds. The van der Waals surface area contributed by atoms with E-state index in [9.17, 15) is 19.2 Å². The summed E-state index contributed by atoms with van der Waals surface area (Å²) in [6.07, 6.45) is 0. The van der Waals surface area contributed by atoms with Crippen LogP contribution >= 0.6 is 0 Å². The summed E-state index contributed by atoms with van der Waals surface area (Å²) in [4.78, 5) is 47.0. The number of amides is 2. The summed E-state index contributed by atoms with van der Waals surface area (Å²) in [5.41, 5.74) is 1.12. The predicted octanol–water partition coefficient (Wildman–Crippen LogP) is 1.78. The summed E-state index contributed by atoms with van der Waals surface area (Å²) in [6.45, 7) is 1.47. The Morgan fingerprint density at radius 3 is 2.13 bits per heavy atom. The van der Waals surface area contributed by atoms with Crippen LogP contribution in [-0.2, 0) is 19.1 Å². The van der Waals surface area contributed by atoms with Crippen LogP contribution in [0.1, 0.15) is 27.6 Å². The Bertz CT molecular complexity index is 893. The van der Waals surface area contributed by atoms with Crippen molar-refractivity contribution in [3.05, 3.63) is 59.7 Å². The first-order valence-corrected chi connectivity index (χ1v) is 9.07. The van der Waals surface area contributed by atoms with Crippen LogP contribution in [0, 0.1) is 0 Å². The molecule has 2 N–H and O–H groups in total. The summed E-state index contributed by atoms with van der Waals surface area (Å²) in [5.74, 6) is -1.63. The van der Waals surface area contributed by atoms with Crippen molar-refractivity contribution >= 4 is 29.4 Å². The van der Waals surface area contributed by atoms with Crippen molar-refractivity contribution in [3.8, 4) is 5.75 Å². The van der Waals surface area contributed by atoms with Crippen LogP contribution in [0.4, 0.5) is 5.69 Å². The Morgan fingerprint density at radius 2 is 1.53 bits per heavy atom. The third kappa shape index (κ3) is 6.93. The van der Waals surface area contributed by atoms with Crippen LogP contribution < -0.4 is 15.4 Å². The fraction of sp³-hybridized carbons (Fsp3) is 0.238. The topological polar surface area (TPSA) is 120 Å². The van der Waals surface area contributed by atoms with Crippen LogP contribution in [0.25, 0.3) is 0 Å². The quantitative estimate of drug-likeness (QED) is 0.600. The normalized spacial score (nSPS) is 9.93. The number of carbonyl (C=O) groups excluding carboxylic acids is 4. The maximum Gasteiger partial charge on any atom is 0.337 e. The van der Waals surface area contributed by atoms with E-state index in [2.05, 4.69) is 15.4 Å². The van der Waals surface area contributed by atoms with E-state index in [1.165, 1.54) is 31.4 Å². The molecule has 2 aromatic carbocycles. The van der Waals surface area contributed by atoms with E-state index in [0.717, 1.165) is 0 Å². The van der Waals surface area contributed by atoms with Gasteiger partial charge in [0.1, 0.15) is 12.3 Å². The number of anilines is 1. The van der Waals surface area contributed by atoms with Gasteiger partial charge in [0, 0.05) is 11.3 Å². The van der Waals surface area contributed by atoms with Crippen molar-refractivity contribution < 1.29 is 33.4 Å². The Morgan fingerprint density at radius 1 is 0.900 bits per heavy atom. The lowest BCUT2D eigenvalue weighted by atomic mass is 10.2. The highest BCUT2D eigenvalue weighted by Gasteiger charge is 2.12. The van der Waals surface area contributed by atoms with Crippen molar-refractivity contribution in [3.63, 3.8) is 0 Å². The van der Waals surface area contributed by atoms with E-state index >= 15 is 0 Å². The molecule has 9 nitrogen and oxygen atoms in total. The van der Waals surface area contributed by atoms with Gasteiger partial charge < -0.3 is 24.8 Å². The fourth-order valence-electron chi connectivity index (χ4n) is 2.33. The number of hydrogen-bond acceptors (Lipinski definition) is 7. The Hall–Kier alpha value is -3.88. The summed E-state index contributed by atoms with van der Waals surface area (Å²) in [5, 5.41) is 4.94. The number of carbonyl (C=O) groups is 4. The number of nitrogens with one attached hydrogen (secondary N) is 2. The molecule has 0 aliphatic heterocycles. The molecule has 0 radical (unpaired) electrons. The second-order valence-corrected chi connectivity index (χ2v) is 5.92. The van der Waals surface area contributed by atoms with Crippen LogP contribution in [0.2, 0.25) is 0 Å². The minimum atomic E-state index is -0.759. The lowest BCUT2D eigenvalue weighted by Gasteiger charge is -2.08. The highest BCUT2D eigenvalue weighted by molar-refractivity contribution is 5.97. The van der Waals surface area contributed by atoms with E-state index in [-0.39, 0.29) is 6.54 Å². The zero-order valence-corrected chi connectivity index (χ0v) is 16.6. The number of benzene rings is 2. The van der Waals surface area contributed by atoms with Crippen molar-refractivity contribution in [1.82, 2.24) is 5.32 Å². The third-order valence-corrected chi connectivity index (χ3v) is 3.77. The average molecular weight is 414 g/mol. The second-order valence-electron chi connectivity index (χ2n) is 5.92. The van der Waals surface area contributed by atoms with Crippen LogP contribution in [0.3, 0.4) is 0 Å². The van der Waals surface area contributed by atoms with Gasteiger partial charge in [-0.2, -0.15) is 0 Å². The first-order valence-electron chi connectivity index (χ1n) is 9.07. The fourth-order valence-corrected chi connectivity index (χ4v) is 2.33. The molecule has 0 atom stereocenters. The maximum atomic E-state index is 12.0. The van der Waals surface area contributed by atoms with Gasteiger partial charge in [0.25, 0.3) is 11.8 Å². The Balaban J connectivity index is 1.72. The molecule has 0 spiro atoms. The molecule has 0 bridgehead atoms. The van der Waals surface area contributed by atoms with E-state index in [4.69, 9.17) is 9.47 Å². The zero-order valence-electron chi connectivity index (χ0n) is 16.6. The van der Waals surface area contributed by atoms with Gasteiger partial charge in [-0.3, -0.25) is 14.4 Å². The molecule has 30 heavy (non-hydrogen) atoms. The zero-order chi connectivity index (χ0) is 21.9. The molecular weight excluding hydrogens is 392 g/mol. The van der Waals surface area contributed by atoms with E-state index < -0.39 is 30.4 Å². The number of methoxy groups -OCH3 is 1. The van der Waals surface area contributed by atoms with Crippen molar-refractivity contribution in [2.45, 2.75) is 6.92 Å². The summed E-state index contributed by atoms with van der Waals surface area (Å²) in [7, 11) is 1.27. The van der Waals surface area contributed by atoms with Gasteiger partial charge in [-0.25, -0.2) is 4.79 Å². The molecule has 2 rings (SSSR count). The van der Waals surface area contributed by atoms with Gasteiger partial charge in [0.05, 0.1) is 19.3 Å². The monoisotopic (exact) mass is 414 g/mol. The van der Waals surface area contributed by atoms with Crippen molar-refractivity contribution in [2.24, 2.45) is 0 Å². The summed E-state index contributed by atoms with van der Waals surface area (Å²) < 4.78 is 14.7. The lowest BCUT2D eigenvalue weighted by Crippen LogP contribution is -2.32. The molecule has 0 aliphatic rings. The molecule has 2 aromatic rings. The average Bonchev–Trinajstić information content (AvgIpc) is 2.76. The molecule has 0 saturated carbocycles. The molecule has 0 aromatic heterocycles. The highest BCUT2D eigenvalue weighted by Crippen LogP contribution is 2.12. The van der Waals surface area contributed by atoms with Crippen LogP contribution in [0.15, 0.2) is 48.5 Å². The molecule has 9 heteroatoms. The molecule has 0 aliphatic carbocycles. The first-order chi connectivity index (χ1) is 14.4. The van der Waals surface area contributed by atoms with Crippen LogP contribution in [0.5, 0.6) is 5.75 Å². The van der Waals surface area contributed by atoms with Gasteiger partial charge in [-0.1, -0.05) is 0 Å². The highest BCUT2D eigenvalue weighted by atomic mass is 16.5. The summed E-state index contributed by atoms with van der Waals surface area (Å²) >= 11 is 0. The summed E-state index contributed by atoms with van der Waals surface area (Å²) in [6, 6.07) is 12.5. The molecule has 0 saturated heterocycles. The molecule has 158 valence electrons. The van der Waals surface area contributed by atoms with Gasteiger partial charge in [-0.15, -0.1) is 0 Å². The lowest BCUT2D eigenvalue weighted by molar-refractivity contribution is -0.146.